The fraction of sp³-hybridized carbons (Fsp3) is 0.250. The third-order valence-corrected chi connectivity index (χ3v) is 3.06. The Kier molecular flexibility index (Phi) is 3.54. The van der Waals surface area contributed by atoms with Crippen molar-refractivity contribution in [2.75, 3.05) is 0 Å². The van der Waals surface area contributed by atoms with Gasteiger partial charge in [-0.2, -0.15) is 0 Å². The van der Waals surface area contributed by atoms with Crippen LogP contribution in [-0.2, 0) is 13.2 Å². The highest BCUT2D eigenvalue weighted by atomic mass is 32.1. The number of nitrogens with zero attached hydrogens (tertiary/aromatic N) is 1. The molecule has 2 heterocycles. The van der Waals surface area contributed by atoms with E-state index in [-0.39, 0.29) is 0 Å². The number of hydrogen-bond acceptors (Lipinski definition) is 4. The van der Waals surface area contributed by atoms with E-state index in [9.17, 15) is 0 Å². The molecule has 0 unspecified atom stereocenters. The van der Waals surface area contributed by atoms with Gasteiger partial charge in [0.05, 0.1) is 5.69 Å². The van der Waals surface area contributed by atoms with Crippen LogP contribution in [0.3, 0.4) is 0 Å². The van der Waals surface area contributed by atoms with E-state index >= 15 is 0 Å². The van der Waals surface area contributed by atoms with Gasteiger partial charge in [0.1, 0.15) is 12.4 Å². The molecular formula is C12H14N2OS. The van der Waals surface area contributed by atoms with Crippen LogP contribution < -0.4 is 10.5 Å². The number of rotatable bonds is 4. The maximum absolute atomic E-state index is 5.70. The molecule has 0 bridgehead atoms. The Hall–Kier alpha value is -1.39. The van der Waals surface area contributed by atoms with Gasteiger partial charge in [0.2, 0.25) is 0 Å². The van der Waals surface area contributed by atoms with E-state index in [4.69, 9.17) is 10.5 Å². The largest absolute Gasteiger partial charge is 0.486 e. The molecule has 2 rings (SSSR count). The molecule has 0 aliphatic rings. The van der Waals surface area contributed by atoms with Gasteiger partial charge in [-0.05, 0) is 30.5 Å². The summed E-state index contributed by atoms with van der Waals surface area (Å²) >= 11 is 1.68. The first kappa shape index (κ1) is 11.1. The van der Waals surface area contributed by atoms with Gasteiger partial charge < -0.3 is 10.5 Å². The summed E-state index contributed by atoms with van der Waals surface area (Å²) in [6.45, 7) is 2.93. The third-order valence-electron chi connectivity index (χ3n) is 2.22. The molecule has 0 fully saturated rings. The minimum Gasteiger partial charge on any atom is -0.486 e. The van der Waals surface area contributed by atoms with Gasteiger partial charge in [-0.3, -0.25) is 4.98 Å². The predicted molar refractivity (Wildman–Crippen MR) is 65.5 cm³/mol. The van der Waals surface area contributed by atoms with Gasteiger partial charge >= 0.3 is 0 Å². The second-order valence-electron chi connectivity index (χ2n) is 3.47. The van der Waals surface area contributed by atoms with E-state index in [1.165, 1.54) is 4.88 Å². The van der Waals surface area contributed by atoms with Crippen molar-refractivity contribution in [1.82, 2.24) is 4.98 Å². The molecule has 3 nitrogen and oxygen atoms in total. The fourth-order valence-electron chi connectivity index (χ4n) is 1.42. The zero-order valence-electron chi connectivity index (χ0n) is 9.14. The monoisotopic (exact) mass is 234 g/mol. The van der Waals surface area contributed by atoms with E-state index in [1.54, 1.807) is 11.3 Å². The molecule has 2 N–H and O–H groups in total. The first-order valence-corrected chi connectivity index (χ1v) is 5.99. The summed E-state index contributed by atoms with van der Waals surface area (Å²) in [5.41, 5.74) is 7.41. The number of nitrogens with two attached hydrogens (primary N) is 1. The Bertz CT molecular complexity index is 454. The smallest absolute Gasteiger partial charge is 0.142 e. The van der Waals surface area contributed by atoms with E-state index in [2.05, 4.69) is 11.1 Å². The third kappa shape index (κ3) is 2.59. The molecule has 0 spiro atoms. The van der Waals surface area contributed by atoms with Gasteiger partial charge in [-0.1, -0.05) is 6.07 Å². The molecular weight excluding hydrogens is 220 g/mol. The van der Waals surface area contributed by atoms with Crippen molar-refractivity contribution in [3.63, 3.8) is 0 Å². The number of aromatic nitrogens is 1. The SMILES string of the molecule is Cc1ccc(OCc2cccs2)c(CN)n1. The molecule has 0 aromatic carbocycles. The minimum atomic E-state index is 0.404. The molecule has 0 saturated carbocycles. The normalized spacial score (nSPS) is 10.4. The molecule has 16 heavy (non-hydrogen) atoms. The molecule has 0 aliphatic carbocycles. The molecule has 0 radical (unpaired) electrons. The number of ether oxygens (including phenoxy) is 1. The lowest BCUT2D eigenvalue weighted by atomic mass is 10.3. The van der Waals surface area contributed by atoms with Gasteiger partial charge in [-0.15, -0.1) is 11.3 Å². The molecule has 84 valence electrons. The molecule has 2 aromatic rings. The number of hydrogen-bond donors (Lipinski definition) is 1. The van der Waals surface area contributed by atoms with Crippen LogP contribution >= 0.6 is 11.3 Å². The topological polar surface area (TPSA) is 48.1 Å². The van der Waals surface area contributed by atoms with Gasteiger partial charge in [0.15, 0.2) is 0 Å². The van der Waals surface area contributed by atoms with E-state index < -0.39 is 0 Å². The highest BCUT2D eigenvalue weighted by Crippen LogP contribution is 2.19. The first-order chi connectivity index (χ1) is 7.79. The number of aryl methyl sites for hydroxylation is 1. The van der Waals surface area contributed by atoms with Crippen LogP contribution in [0.2, 0.25) is 0 Å². The summed E-state index contributed by atoms with van der Waals surface area (Å²) < 4.78 is 5.70. The highest BCUT2D eigenvalue weighted by molar-refractivity contribution is 7.09. The summed E-state index contributed by atoms with van der Waals surface area (Å²) in [5.74, 6) is 0.779. The summed E-state index contributed by atoms with van der Waals surface area (Å²) in [4.78, 5) is 5.54. The second kappa shape index (κ2) is 5.09. The minimum absolute atomic E-state index is 0.404. The molecule has 0 amide bonds. The predicted octanol–water partition coefficient (Wildman–Crippen LogP) is 2.49. The van der Waals surface area contributed by atoms with Crippen molar-refractivity contribution in [2.24, 2.45) is 5.73 Å². The number of thiophene rings is 1. The van der Waals surface area contributed by atoms with Gasteiger partial charge in [0.25, 0.3) is 0 Å². The standard InChI is InChI=1S/C12H14N2OS/c1-9-4-5-12(11(7-13)14-9)15-8-10-3-2-6-16-10/h2-6H,7-8,13H2,1H3. The molecule has 0 aliphatic heterocycles. The Balaban J connectivity index is 2.09. The molecule has 0 atom stereocenters. The Morgan fingerprint density at radius 2 is 2.25 bits per heavy atom. The van der Waals surface area contributed by atoms with Crippen molar-refractivity contribution in [3.05, 3.63) is 45.9 Å². The molecule has 2 aromatic heterocycles. The Morgan fingerprint density at radius 3 is 2.94 bits per heavy atom. The average Bonchev–Trinajstić information content (AvgIpc) is 2.80. The number of pyridine rings is 1. The van der Waals surface area contributed by atoms with Crippen molar-refractivity contribution in [3.8, 4) is 5.75 Å². The van der Waals surface area contributed by atoms with Crippen LogP contribution in [0.5, 0.6) is 5.75 Å². The molecule has 0 saturated heterocycles. The van der Waals surface area contributed by atoms with Crippen LogP contribution in [-0.4, -0.2) is 4.98 Å². The van der Waals surface area contributed by atoms with Crippen molar-refractivity contribution < 1.29 is 4.74 Å². The maximum atomic E-state index is 5.70. The Labute approximate surface area is 98.9 Å². The van der Waals surface area contributed by atoms with Crippen molar-refractivity contribution >= 4 is 11.3 Å². The lowest BCUT2D eigenvalue weighted by molar-refractivity contribution is 0.304. The van der Waals surface area contributed by atoms with Crippen molar-refractivity contribution in [1.29, 1.82) is 0 Å². The highest BCUT2D eigenvalue weighted by Gasteiger charge is 2.04. The first-order valence-electron chi connectivity index (χ1n) is 5.11. The average molecular weight is 234 g/mol. The van der Waals surface area contributed by atoms with E-state index in [0.717, 1.165) is 17.1 Å². The second-order valence-corrected chi connectivity index (χ2v) is 4.50. The zero-order valence-corrected chi connectivity index (χ0v) is 9.96. The van der Waals surface area contributed by atoms with Crippen LogP contribution in [0.4, 0.5) is 0 Å². The Morgan fingerprint density at radius 1 is 1.38 bits per heavy atom. The summed E-state index contributed by atoms with van der Waals surface area (Å²) in [5, 5.41) is 2.04. The summed E-state index contributed by atoms with van der Waals surface area (Å²) in [7, 11) is 0. The van der Waals surface area contributed by atoms with Crippen LogP contribution in [0.1, 0.15) is 16.3 Å². The lowest BCUT2D eigenvalue weighted by Crippen LogP contribution is -2.05. The van der Waals surface area contributed by atoms with E-state index in [1.807, 2.05) is 30.5 Å². The van der Waals surface area contributed by atoms with Crippen molar-refractivity contribution in [2.45, 2.75) is 20.1 Å². The summed E-state index contributed by atoms with van der Waals surface area (Å²) in [6.07, 6.45) is 0. The van der Waals surface area contributed by atoms with Gasteiger partial charge in [0, 0.05) is 17.1 Å². The van der Waals surface area contributed by atoms with Crippen LogP contribution in [0, 0.1) is 6.92 Å². The summed E-state index contributed by atoms with van der Waals surface area (Å²) in [6, 6.07) is 7.93. The lowest BCUT2D eigenvalue weighted by Gasteiger charge is -2.09. The quantitative estimate of drug-likeness (QED) is 0.884. The molecule has 4 heteroatoms. The zero-order chi connectivity index (χ0) is 11.4. The van der Waals surface area contributed by atoms with E-state index in [0.29, 0.717) is 13.2 Å². The van der Waals surface area contributed by atoms with Gasteiger partial charge in [-0.25, -0.2) is 0 Å². The van der Waals surface area contributed by atoms with Crippen LogP contribution in [0.15, 0.2) is 29.6 Å². The fourth-order valence-corrected chi connectivity index (χ4v) is 2.03. The van der Waals surface area contributed by atoms with Crippen LogP contribution in [0.25, 0.3) is 0 Å². The maximum Gasteiger partial charge on any atom is 0.142 e.